The molecule has 0 amide bonds. The SMILES string of the molecule is Cc1ccc(O)c(CNCC2CC2C)n1. The van der Waals surface area contributed by atoms with E-state index in [0.717, 1.165) is 29.8 Å². The fourth-order valence-corrected chi connectivity index (χ4v) is 1.79. The van der Waals surface area contributed by atoms with Crippen LogP contribution in [-0.2, 0) is 6.54 Å². The molecular formula is C12H18N2O. The first kappa shape index (κ1) is 10.4. The number of aromatic nitrogens is 1. The lowest BCUT2D eigenvalue weighted by Crippen LogP contribution is -2.17. The van der Waals surface area contributed by atoms with Crippen LogP contribution in [0.3, 0.4) is 0 Å². The number of aromatic hydroxyl groups is 1. The number of nitrogens with zero attached hydrogens (tertiary/aromatic N) is 1. The molecule has 1 fully saturated rings. The van der Waals surface area contributed by atoms with Crippen LogP contribution in [0.4, 0.5) is 0 Å². The Balaban J connectivity index is 1.84. The molecule has 1 aliphatic carbocycles. The van der Waals surface area contributed by atoms with Crippen LogP contribution in [0.15, 0.2) is 12.1 Å². The highest BCUT2D eigenvalue weighted by Crippen LogP contribution is 2.36. The molecule has 1 aromatic heterocycles. The molecule has 0 saturated heterocycles. The van der Waals surface area contributed by atoms with Crippen molar-refractivity contribution in [2.45, 2.75) is 26.8 Å². The van der Waals surface area contributed by atoms with Gasteiger partial charge in [-0.3, -0.25) is 4.98 Å². The molecule has 0 aliphatic heterocycles. The van der Waals surface area contributed by atoms with Crippen LogP contribution in [0.2, 0.25) is 0 Å². The lowest BCUT2D eigenvalue weighted by Gasteiger charge is -2.06. The van der Waals surface area contributed by atoms with Crippen molar-refractivity contribution < 1.29 is 5.11 Å². The molecule has 2 N–H and O–H groups in total. The molecule has 0 radical (unpaired) electrons. The predicted molar refractivity (Wildman–Crippen MR) is 59.6 cm³/mol. The monoisotopic (exact) mass is 206 g/mol. The second kappa shape index (κ2) is 4.19. The van der Waals surface area contributed by atoms with E-state index in [2.05, 4.69) is 17.2 Å². The van der Waals surface area contributed by atoms with Gasteiger partial charge >= 0.3 is 0 Å². The van der Waals surface area contributed by atoms with Crippen molar-refractivity contribution in [1.29, 1.82) is 0 Å². The van der Waals surface area contributed by atoms with Crippen LogP contribution in [-0.4, -0.2) is 16.6 Å². The maximum Gasteiger partial charge on any atom is 0.138 e. The molecule has 0 bridgehead atoms. The standard InChI is InChI=1S/C12H18N2O/c1-8-5-10(8)6-13-7-11-12(15)4-3-9(2)14-11/h3-4,8,10,13,15H,5-7H2,1-2H3. The van der Waals surface area contributed by atoms with E-state index >= 15 is 0 Å². The van der Waals surface area contributed by atoms with Gasteiger partial charge in [-0.05, 0) is 43.9 Å². The summed E-state index contributed by atoms with van der Waals surface area (Å²) in [4.78, 5) is 4.30. The molecule has 82 valence electrons. The number of rotatable bonds is 4. The first-order valence-corrected chi connectivity index (χ1v) is 5.53. The minimum absolute atomic E-state index is 0.289. The quantitative estimate of drug-likeness (QED) is 0.790. The van der Waals surface area contributed by atoms with Crippen molar-refractivity contribution in [1.82, 2.24) is 10.3 Å². The van der Waals surface area contributed by atoms with Crippen molar-refractivity contribution in [2.75, 3.05) is 6.54 Å². The highest BCUT2D eigenvalue weighted by atomic mass is 16.3. The van der Waals surface area contributed by atoms with E-state index in [9.17, 15) is 5.11 Å². The van der Waals surface area contributed by atoms with Gasteiger partial charge in [0.05, 0.1) is 5.69 Å². The van der Waals surface area contributed by atoms with Crippen LogP contribution in [0.1, 0.15) is 24.7 Å². The Morgan fingerprint density at radius 2 is 2.27 bits per heavy atom. The lowest BCUT2D eigenvalue weighted by atomic mass is 10.2. The third-order valence-electron chi connectivity index (χ3n) is 3.06. The Labute approximate surface area is 90.5 Å². The number of aryl methyl sites for hydroxylation is 1. The summed E-state index contributed by atoms with van der Waals surface area (Å²) in [7, 11) is 0. The molecular weight excluding hydrogens is 188 g/mol. The molecule has 1 saturated carbocycles. The van der Waals surface area contributed by atoms with Gasteiger partial charge in [-0.15, -0.1) is 0 Å². The molecule has 2 rings (SSSR count). The second-order valence-electron chi connectivity index (χ2n) is 4.52. The topological polar surface area (TPSA) is 45.1 Å². The zero-order valence-electron chi connectivity index (χ0n) is 9.33. The van der Waals surface area contributed by atoms with Crippen LogP contribution in [0, 0.1) is 18.8 Å². The van der Waals surface area contributed by atoms with E-state index in [1.807, 2.05) is 13.0 Å². The molecule has 1 heterocycles. The molecule has 1 aromatic rings. The zero-order chi connectivity index (χ0) is 10.8. The minimum atomic E-state index is 0.289. The maximum atomic E-state index is 9.57. The van der Waals surface area contributed by atoms with Gasteiger partial charge in [0.2, 0.25) is 0 Å². The summed E-state index contributed by atoms with van der Waals surface area (Å²) in [6.45, 7) is 5.91. The third-order valence-corrected chi connectivity index (χ3v) is 3.06. The summed E-state index contributed by atoms with van der Waals surface area (Å²) in [5.74, 6) is 1.99. The average molecular weight is 206 g/mol. The zero-order valence-corrected chi connectivity index (χ0v) is 9.33. The van der Waals surface area contributed by atoms with Crippen LogP contribution in [0.25, 0.3) is 0 Å². The third kappa shape index (κ3) is 2.69. The summed E-state index contributed by atoms with van der Waals surface area (Å²) in [6, 6.07) is 3.53. The van der Waals surface area contributed by atoms with Gasteiger partial charge in [-0.1, -0.05) is 6.92 Å². The maximum absolute atomic E-state index is 9.57. The molecule has 2 atom stereocenters. The van der Waals surface area contributed by atoms with Gasteiger partial charge in [0.15, 0.2) is 0 Å². The van der Waals surface area contributed by atoms with Crippen molar-refractivity contribution in [2.24, 2.45) is 11.8 Å². The minimum Gasteiger partial charge on any atom is -0.506 e. The molecule has 3 nitrogen and oxygen atoms in total. The van der Waals surface area contributed by atoms with Gasteiger partial charge in [0.1, 0.15) is 5.75 Å². The Hall–Kier alpha value is -1.09. The lowest BCUT2D eigenvalue weighted by molar-refractivity contribution is 0.457. The molecule has 3 heteroatoms. The van der Waals surface area contributed by atoms with Gasteiger partial charge in [-0.25, -0.2) is 0 Å². The van der Waals surface area contributed by atoms with Crippen LogP contribution >= 0.6 is 0 Å². The summed E-state index contributed by atoms with van der Waals surface area (Å²) in [5.41, 5.74) is 1.70. The molecule has 2 unspecified atom stereocenters. The van der Waals surface area contributed by atoms with E-state index in [0.29, 0.717) is 6.54 Å². The highest BCUT2D eigenvalue weighted by molar-refractivity contribution is 5.27. The van der Waals surface area contributed by atoms with Gasteiger partial charge in [-0.2, -0.15) is 0 Å². The van der Waals surface area contributed by atoms with Crippen molar-refractivity contribution >= 4 is 0 Å². The van der Waals surface area contributed by atoms with E-state index < -0.39 is 0 Å². The molecule has 0 aromatic carbocycles. The van der Waals surface area contributed by atoms with Gasteiger partial charge in [0, 0.05) is 12.2 Å². The first-order valence-electron chi connectivity index (χ1n) is 5.53. The Morgan fingerprint density at radius 1 is 1.53 bits per heavy atom. The van der Waals surface area contributed by atoms with Crippen molar-refractivity contribution in [3.05, 3.63) is 23.5 Å². The molecule has 15 heavy (non-hydrogen) atoms. The normalized spacial score (nSPS) is 24.1. The number of hydrogen-bond donors (Lipinski definition) is 2. The summed E-state index contributed by atoms with van der Waals surface area (Å²) in [6.07, 6.45) is 1.33. The number of pyridine rings is 1. The van der Waals surface area contributed by atoms with E-state index in [4.69, 9.17) is 0 Å². The van der Waals surface area contributed by atoms with E-state index in [1.165, 1.54) is 6.42 Å². The number of hydrogen-bond acceptors (Lipinski definition) is 3. The second-order valence-corrected chi connectivity index (χ2v) is 4.52. The largest absolute Gasteiger partial charge is 0.506 e. The van der Waals surface area contributed by atoms with Gasteiger partial charge in [0.25, 0.3) is 0 Å². The fourth-order valence-electron chi connectivity index (χ4n) is 1.79. The van der Waals surface area contributed by atoms with E-state index in [-0.39, 0.29) is 5.75 Å². The van der Waals surface area contributed by atoms with E-state index in [1.54, 1.807) is 6.07 Å². The molecule has 1 aliphatic rings. The van der Waals surface area contributed by atoms with Crippen molar-refractivity contribution in [3.8, 4) is 5.75 Å². The average Bonchev–Trinajstić information content (AvgIpc) is 2.88. The fraction of sp³-hybridized carbons (Fsp3) is 0.583. The highest BCUT2D eigenvalue weighted by Gasteiger charge is 2.31. The first-order chi connectivity index (χ1) is 7.16. The Morgan fingerprint density at radius 3 is 2.93 bits per heavy atom. The van der Waals surface area contributed by atoms with Crippen molar-refractivity contribution in [3.63, 3.8) is 0 Å². The van der Waals surface area contributed by atoms with Gasteiger partial charge < -0.3 is 10.4 Å². The van der Waals surface area contributed by atoms with Crippen LogP contribution < -0.4 is 5.32 Å². The summed E-state index contributed by atoms with van der Waals surface area (Å²) < 4.78 is 0. The smallest absolute Gasteiger partial charge is 0.138 e. The number of nitrogens with one attached hydrogen (secondary N) is 1. The van der Waals surface area contributed by atoms with Crippen LogP contribution in [0.5, 0.6) is 5.75 Å². The summed E-state index contributed by atoms with van der Waals surface area (Å²) >= 11 is 0. The molecule has 0 spiro atoms. The Kier molecular flexibility index (Phi) is 2.91. The predicted octanol–water partition coefficient (Wildman–Crippen LogP) is 1.84. The Bertz CT molecular complexity index is 351. The summed E-state index contributed by atoms with van der Waals surface area (Å²) in [5, 5.41) is 12.9.